The maximum Gasteiger partial charge on any atom is 0.224 e. The Morgan fingerprint density at radius 3 is 2.50 bits per heavy atom. The van der Waals surface area contributed by atoms with Gasteiger partial charge in [-0.3, -0.25) is 4.79 Å². The van der Waals surface area contributed by atoms with Gasteiger partial charge in [-0.1, -0.05) is 36.4 Å². The van der Waals surface area contributed by atoms with Crippen molar-refractivity contribution in [2.45, 2.75) is 11.3 Å². The normalized spacial score (nSPS) is 10.5. The van der Waals surface area contributed by atoms with E-state index in [-0.39, 0.29) is 5.91 Å². The lowest BCUT2D eigenvalue weighted by molar-refractivity contribution is -0.120. The highest BCUT2D eigenvalue weighted by Gasteiger charge is 2.06. The number of benzene rings is 2. The number of carbonyl (C=O) groups is 1. The number of thioether (sulfide) groups is 1. The van der Waals surface area contributed by atoms with Gasteiger partial charge >= 0.3 is 0 Å². The molecule has 1 N–H and O–H groups in total. The SMILES string of the molecule is O=C(Cc1cnn(-c2ccccc2)c1)NCCSc1ccccc1. The number of carbonyl (C=O) groups excluding carboxylic acids is 1. The highest BCUT2D eigenvalue weighted by Crippen LogP contribution is 2.15. The molecular weight excluding hydrogens is 318 g/mol. The van der Waals surface area contributed by atoms with Crippen LogP contribution in [0.5, 0.6) is 0 Å². The molecule has 1 heterocycles. The molecule has 0 saturated heterocycles. The number of nitrogens with zero attached hydrogens (tertiary/aromatic N) is 2. The van der Waals surface area contributed by atoms with Crippen molar-refractivity contribution in [3.8, 4) is 5.69 Å². The molecule has 0 aliphatic heterocycles. The summed E-state index contributed by atoms with van der Waals surface area (Å²) in [5.74, 6) is 0.884. The van der Waals surface area contributed by atoms with Crippen molar-refractivity contribution in [2.75, 3.05) is 12.3 Å². The molecule has 0 aliphatic carbocycles. The van der Waals surface area contributed by atoms with E-state index in [1.807, 2.05) is 54.7 Å². The van der Waals surface area contributed by atoms with Crippen molar-refractivity contribution in [1.82, 2.24) is 15.1 Å². The van der Waals surface area contributed by atoms with Crippen LogP contribution in [0.3, 0.4) is 0 Å². The highest BCUT2D eigenvalue weighted by molar-refractivity contribution is 7.99. The fourth-order valence-electron chi connectivity index (χ4n) is 2.30. The third-order valence-corrected chi connectivity index (χ3v) is 4.47. The maximum absolute atomic E-state index is 12.0. The molecule has 2 aromatic carbocycles. The Labute approximate surface area is 145 Å². The molecule has 0 spiro atoms. The lowest BCUT2D eigenvalue weighted by atomic mass is 10.2. The second kappa shape index (κ2) is 8.36. The van der Waals surface area contributed by atoms with E-state index in [1.165, 1.54) is 4.90 Å². The summed E-state index contributed by atoms with van der Waals surface area (Å²) in [7, 11) is 0. The van der Waals surface area contributed by atoms with Crippen LogP contribution in [0.2, 0.25) is 0 Å². The molecule has 0 aliphatic rings. The molecule has 1 amide bonds. The Balaban J connectivity index is 1.43. The molecular formula is C19H19N3OS. The zero-order valence-corrected chi connectivity index (χ0v) is 14.1. The van der Waals surface area contributed by atoms with Crippen LogP contribution in [-0.2, 0) is 11.2 Å². The van der Waals surface area contributed by atoms with E-state index in [0.717, 1.165) is 17.0 Å². The Bertz CT molecular complexity index is 772. The quantitative estimate of drug-likeness (QED) is 0.531. The molecule has 0 bridgehead atoms. The van der Waals surface area contributed by atoms with Gasteiger partial charge in [0.15, 0.2) is 0 Å². The van der Waals surface area contributed by atoms with Gasteiger partial charge in [-0.2, -0.15) is 5.10 Å². The topological polar surface area (TPSA) is 46.9 Å². The minimum absolute atomic E-state index is 0.0243. The molecule has 0 radical (unpaired) electrons. The average molecular weight is 337 g/mol. The van der Waals surface area contributed by atoms with Crippen LogP contribution in [0.25, 0.3) is 5.69 Å². The molecule has 1 aromatic heterocycles. The molecule has 0 fully saturated rings. The average Bonchev–Trinajstić information content (AvgIpc) is 3.09. The molecule has 0 saturated carbocycles. The van der Waals surface area contributed by atoms with Gasteiger partial charge in [-0.15, -0.1) is 11.8 Å². The Morgan fingerprint density at radius 1 is 1.04 bits per heavy atom. The van der Waals surface area contributed by atoms with Crippen LogP contribution in [-0.4, -0.2) is 28.0 Å². The molecule has 24 heavy (non-hydrogen) atoms. The second-order valence-corrected chi connectivity index (χ2v) is 6.49. The van der Waals surface area contributed by atoms with Gasteiger partial charge in [0.1, 0.15) is 0 Å². The third-order valence-electron chi connectivity index (χ3n) is 3.46. The number of hydrogen-bond acceptors (Lipinski definition) is 3. The number of amides is 1. The Hall–Kier alpha value is -2.53. The summed E-state index contributed by atoms with van der Waals surface area (Å²) >= 11 is 1.74. The number of para-hydroxylation sites is 1. The van der Waals surface area contributed by atoms with E-state index >= 15 is 0 Å². The fraction of sp³-hybridized carbons (Fsp3) is 0.158. The molecule has 5 heteroatoms. The molecule has 4 nitrogen and oxygen atoms in total. The minimum Gasteiger partial charge on any atom is -0.355 e. The predicted octanol–water partition coefficient (Wildman–Crippen LogP) is 3.32. The van der Waals surface area contributed by atoms with Gasteiger partial charge in [0.05, 0.1) is 18.3 Å². The summed E-state index contributed by atoms with van der Waals surface area (Å²) in [6.07, 6.45) is 3.99. The van der Waals surface area contributed by atoms with Crippen molar-refractivity contribution in [2.24, 2.45) is 0 Å². The van der Waals surface area contributed by atoms with E-state index < -0.39 is 0 Å². The minimum atomic E-state index is 0.0243. The van der Waals surface area contributed by atoms with Gasteiger partial charge in [0.2, 0.25) is 5.91 Å². The molecule has 122 valence electrons. The number of rotatable bonds is 7. The summed E-state index contributed by atoms with van der Waals surface area (Å²) < 4.78 is 1.79. The first-order valence-electron chi connectivity index (χ1n) is 7.85. The fourth-order valence-corrected chi connectivity index (χ4v) is 3.09. The van der Waals surface area contributed by atoms with Gasteiger partial charge in [0, 0.05) is 23.4 Å². The monoisotopic (exact) mass is 337 g/mol. The van der Waals surface area contributed by atoms with E-state index in [9.17, 15) is 4.79 Å². The first-order chi connectivity index (χ1) is 11.8. The van der Waals surface area contributed by atoms with Crippen molar-refractivity contribution in [3.63, 3.8) is 0 Å². The summed E-state index contributed by atoms with van der Waals surface area (Å²) in [5, 5.41) is 7.26. The first-order valence-corrected chi connectivity index (χ1v) is 8.83. The van der Waals surface area contributed by atoms with Gasteiger partial charge in [0.25, 0.3) is 0 Å². The Morgan fingerprint density at radius 2 is 1.75 bits per heavy atom. The van der Waals surface area contributed by atoms with Crippen molar-refractivity contribution >= 4 is 17.7 Å². The number of nitrogens with one attached hydrogen (secondary N) is 1. The summed E-state index contributed by atoms with van der Waals surface area (Å²) in [5.41, 5.74) is 1.90. The lowest BCUT2D eigenvalue weighted by Gasteiger charge is -2.04. The maximum atomic E-state index is 12.0. The van der Waals surface area contributed by atoms with Gasteiger partial charge in [-0.25, -0.2) is 4.68 Å². The summed E-state index contributed by atoms with van der Waals surface area (Å²) in [6.45, 7) is 0.658. The summed E-state index contributed by atoms with van der Waals surface area (Å²) in [6, 6.07) is 20.1. The third kappa shape index (κ3) is 4.73. The van der Waals surface area contributed by atoms with Crippen LogP contribution in [0.4, 0.5) is 0 Å². The largest absolute Gasteiger partial charge is 0.355 e. The van der Waals surface area contributed by atoms with Crippen LogP contribution < -0.4 is 5.32 Å². The Kier molecular flexibility index (Phi) is 5.69. The number of hydrogen-bond donors (Lipinski definition) is 1. The van der Waals surface area contributed by atoms with Crippen LogP contribution >= 0.6 is 11.8 Å². The molecule has 3 rings (SSSR count). The van der Waals surface area contributed by atoms with E-state index in [2.05, 4.69) is 22.5 Å². The van der Waals surface area contributed by atoms with Crippen molar-refractivity contribution in [1.29, 1.82) is 0 Å². The summed E-state index contributed by atoms with van der Waals surface area (Å²) in [4.78, 5) is 13.2. The van der Waals surface area contributed by atoms with Gasteiger partial charge in [-0.05, 0) is 29.8 Å². The smallest absolute Gasteiger partial charge is 0.224 e. The van der Waals surface area contributed by atoms with Crippen LogP contribution in [0, 0.1) is 0 Å². The number of aromatic nitrogens is 2. The van der Waals surface area contributed by atoms with E-state index in [1.54, 1.807) is 22.6 Å². The lowest BCUT2D eigenvalue weighted by Crippen LogP contribution is -2.27. The second-order valence-electron chi connectivity index (χ2n) is 5.32. The zero-order valence-electron chi connectivity index (χ0n) is 13.3. The van der Waals surface area contributed by atoms with Gasteiger partial charge < -0.3 is 5.32 Å². The van der Waals surface area contributed by atoms with Crippen LogP contribution in [0.1, 0.15) is 5.56 Å². The van der Waals surface area contributed by atoms with E-state index in [4.69, 9.17) is 0 Å². The van der Waals surface area contributed by atoms with Crippen molar-refractivity contribution in [3.05, 3.63) is 78.6 Å². The standard InChI is InChI=1S/C19H19N3OS/c23-19(20-11-12-24-18-9-5-2-6-10-18)13-16-14-21-22(15-16)17-7-3-1-4-8-17/h1-10,14-15H,11-13H2,(H,20,23). The van der Waals surface area contributed by atoms with Crippen molar-refractivity contribution < 1.29 is 4.79 Å². The molecule has 3 aromatic rings. The highest BCUT2D eigenvalue weighted by atomic mass is 32.2. The first kappa shape index (κ1) is 16.3. The predicted molar refractivity (Wildman–Crippen MR) is 97.4 cm³/mol. The van der Waals surface area contributed by atoms with Crippen LogP contribution in [0.15, 0.2) is 78.0 Å². The molecule has 0 atom stereocenters. The molecule has 0 unspecified atom stereocenters. The zero-order chi connectivity index (χ0) is 16.6. The van der Waals surface area contributed by atoms with E-state index in [0.29, 0.717) is 13.0 Å².